The third-order valence-corrected chi connectivity index (χ3v) is 4.59. The molecule has 5 nitrogen and oxygen atoms in total. The lowest BCUT2D eigenvalue weighted by atomic mass is 10.2. The number of phenols is 2. The highest BCUT2D eigenvalue weighted by atomic mass is 79.9. The highest BCUT2D eigenvalue weighted by Crippen LogP contribution is 2.36. The Bertz CT molecular complexity index is 858. The van der Waals surface area contributed by atoms with Crippen molar-refractivity contribution in [1.29, 1.82) is 0 Å². The topological polar surface area (TPSA) is 81.9 Å². The number of carbonyl (C=O) groups excluding carboxylic acids is 1. The molecule has 3 rings (SSSR count). The number of benzene rings is 2. The summed E-state index contributed by atoms with van der Waals surface area (Å²) in [6, 6.07) is 8.50. The van der Waals surface area contributed by atoms with Gasteiger partial charge in [-0.15, -0.1) is 0 Å². The first kappa shape index (κ1) is 16.5. The predicted octanol–water partition coefficient (Wildman–Crippen LogP) is 3.89. The number of hydrogen-bond donors (Lipinski definition) is 3. The van der Waals surface area contributed by atoms with Crippen LogP contribution in [0.5, 0.6) is 11.5 Å². The number of aliphatic imine (C=N–C) groups is 1. The minimum Gasteiger partial charge on any atom is -0.504 e. The molecule has 0 aromatic heterocycles. The van der Waals surface area contributed by atoms with E-state index in [1.807, 2.05) is 0 Å². The van der Waals surface area contributed by atoms with Gasteiger partial charge in [-0.3, -0.25) is 4.79 Å². The molecule has 0 bridgehead atoms. The average Bonchev–Trinajstić information content (AvgIpc) is 2.87. The molecule has 0 unspecified atom stereocenters. The first-order valence-corrected chi connectivity index (χ1v) is 8.30. The van der Waals surface area contributed by atoms with Crippen molar-refractivity contribution < 1.29 is 19.4 Å². The van der Waals surface area contributed by atoms with Crippen molar-refractivity contribution in [2.75, 3.05) is 0 Å². The monoisotopic (exact) mass is 408 g/mol. The van der Waals surface area contributed by atoms with Crippen LogP contribution in [0.25, 0.3) is 6.08 Å². The van der Waals surface area contributed by atoms with Crippen LogP contribution in [0.2, 0.25) is 0 Å². The Hall–Kier alpha value is -2.32. The lowest BCUT2D eigenvalue weighted by Gasteiger charge is -2.02. The number of amides is 1. The fourth-order valence-electron chi connectivity index (χ4n) is 1.95. The van der Waals surface area contributed by atoms with Crippen LogP contribution in [0, 0.1) is 5.82 Å². The van der Waals surface area contributed by atoms with E-state index in [0.717, 1.165) is 11.8 Å². The molecule has 0 saturated carbocycles. The Morgan fingerprint density at radius 2 is 1.92 bits per heavy atom. The normalized spacial score (nSPS) is 17.5. The molecule has 8 heteroatoms. The second-order valence-electron chi connectivity index (χ2n) is 4.83. The Balaban J connectivity index is 1.86. The second kappa shape index (κ2) is 6.66. The maximum absolute atomic E-state index is 12.9. The number of thioether (sulfide) groups is 1. The molecule has 1 amide bonds. The van der Waals surface area contributed by atoms with Gasteiger partial charge in [0.05, 0.1) is 15.1 Å². The Morgan fingerprint density at radius 1 is 1.21 bits per heavy atom. The third kappa shape index (κ3) is 3.60. The molecule has 0 atom stereocenters. The Labute approximate surface area is 149 Å². The third-order valence-electron chi connectivity index (χ3n) is 3.07. The lowest BCUT2D eigenvalue weighted by molar-refractivity contribution is -0.115. The maximum atomic E-state index is 12.9. The zero-order chi connectivity index (χ0) is 17.3. The summed E-state index contributed by atoms with van der Waals surface area (Å²) in [5.74, 6) is -1.25. The van der Waals surface area contributed by atoms with Gasteiger partial charge >= 0.3 is 0 Å². The summed E-state index contributed by atoms with van der Waals surface area (Å²) in [6.45, 7) is 0. The number of amidine groups is 1. The van der Waals surface area contributed by atoms with Crippen molar-refractivity contribution in [3.63, 3.8) is 0 Å². The first-order valence-electron chi connectivity index (χ1n) is 6.69. The number of carbonyl (C=O) groups is 1. The summed E-state index contributed by atoms with van der Waals surface area (Å²) < 4.78 is 13.2. The van der Waals surface area contributed by atoms with E-state index in [1.165, 1.54) is 30.3 Å². The molecule has 2 aromatic rings. The van der Waals surface area contributed by atoms with Crippen LogP contribution in [0.3, 0.4) is 0 Å². The van der Waals surface area contributed by atoms with E-state index >= 15 is 0 Å². The van der Waals surface area contributed by atoms with E-state index in [9.17, 15) is 19.4 Å². The molecular weight excluding hydrogens is 399 g/mol. The van der Waals surface area contributed by atoms with Crippen molar-refractivity contribution in [3.05, 3.63) is 57.2 Å². The highest BCUT2D eigenvalue weighted by molar-refractivity contribution is 9.10. The van der Waals surface area contributed by atoms with E-state index < -0.39 is 0 Å². The maximum Gasteiger partial charge on any atom is 0.264 e. The zero-order valence-corrected chi connectivity index (χ0v) is 14.4. The number of hydrogen-bond acceptors (Lipinski definition) is 5. The Kier molecular flexibility index (Phi) is 4.59. The number of halogens is 2. The van der Waals surface area contributed by atoms with Crippen LogP contribution < -0.4 is 5.32 Å². The van der Waals surface area contributed by atoms with Gasteiger partial charge in [0.1, 0.15) is 5.82 Å². The zero-order valence-electron chi connectivity index (χ0n) is 12.0. The molecule has 122 valence electrons. The van der Waals surface area contributed by atoms with E-state index in [1.54, 1.807) is 12.1 Å². The van der Waals surface area contributed by atoms with Gasteiger partial charge in [-0.05, 0) is 75.7 Å². The summed E-state index contributed by atoms with van der Waals surface area (Å²) >= 11 is 4.25. The number of nitrogens with zero attached hydrogens (tertiary/aromatic N) is 1. The highest BCUT2D eigenvalue weighted by Gasteiger charge is 2.24. The van der Waals surface area contributed by atoms with Crippen molar-refractivity contribution in [2.45, 2.75) is 0 Å². The standard InChI is InChI=1S/C16H10BrFN2O3S/c17-11-5-8(6-12(21)14(11)22)7-13-15(23)20-16(24-13)19-10-3-1-9(18)2-4-10/h1-7,21-22H,(H,19,20,23)/b13-7-. The largest absolute Gasteiger partial charge is 0.504 e. The SMILES string of the molecule is O=C1NC(=Nc2ccc(F)cc2)S/C1=C\c1cc(O)c(O)c(Br)c1. The van der Waals surface area contributed by atoms with Gasteiger partial charge in [-0.1, -0.05) is 0 Å². The van der Waals surface area contributed by atoms with Crippen LogP contribution in [0.15, 0.2) is 50.8 Å². The van der Waals surface area contributed by atoms with Crippen LogP contribution in [-0.2, 0) is 4.79 Å². The number of nitrogens with one attached hydrogen (secondary N) is 1. The molecule has 0 spiro atoms. The van der Waals surface area contributed by atoms with E-state index in [4.69, 9.17) is 0 Å². The first-order chi connectivity index (χ1) is 11.4. The van der Waals surface area contributed by atoms with Crippen LogP contribution in [0.1, 0.15) is 5.56 Å². The molecule has 1 heterocycles. The average molecular weight is 409 g/mol. The van der Waals surface area contributed by atoms with Gasteiger partial charge in [0.2, 0.25) is 0 Å². The van der Waals surface area contributed by atoms with E-state index in [-0.39, 0.29) is 23.2 Å². The number of phenolic OH excluding ortho intramolecular Hbond substituents is 2. The molecule has 0 radical (unpaired) electrons. The molecular formula is C16H10BrFN2O3S. The van der Waals surface area contributed by atoms with E-state index in [0.29, 0.717) is 25.8 Å². The molecule has 1 saturated heterocycles. The van der Waals surface area contributed by atoms with Gasteiger partial charge in [-0.25, -0.2) is 9.38 Å². The van der Waals surface area contributed by atoms with Crippen molar-refractivity contribution in [1.82, 2.24) is 5.32 Å². The summed E-state index contributed by atoms with van der Waals surface area (Å²) in [5, 5.41) is 22.1. The van der Waals surface area contributed by atoms with Crippen LogP contribution in [-0.4, -0.2) is 21.3 Å². The smallest absolute Gasteiger partial charge is 0.264 e. The lowest BCUT2D eigenvalue weighted by Crippen LogP contribution is -2.19. The summed E-state index contributed by atoms with van der Waals surface area (Å²) in [6.07, 6.45) is 1.57. The van der Waals surface area contributed by atoms with Crippen LogP contribution >= 0.6 is 27.7 Å². The minimum absolute atomic E-state index is 0.265. The summed E-state index contributed by atoms with van der Waals surface area (Å²) in [4.78, 5) is 16.6. The molecule has 3 N–H and O–H groups in total. The summed E-state index contributed by atoms with van der Waals surface area (Å²) in [7, 11) is 0. The second-order valence-corrected chi connectivity index (χ2v) is 6.71. The summed E-state index contributed by atoms with van der Waals surface area (Å²) in [5.41, 5.74) is 1.06. The minimum atomic E-state index is -0.361. The quantitative estimate of drug-likeness (QED) is 0.519. The van der Waals surface area contributed by atoms with Gasteiger partial charge in [-0.2, -0.15) is 0 Å². The van der Waals surface area contributed by atoms with Crippen LogP contribution in [0.4, 0.5) is 10.1 Å². The van der Waals surface area contributed by atoms with Gasteiger partial charge in [0.15, 0.2) is 16.7 Å². The van der Waals surface area contributed by atoms with Crippen molar-refractivity contribution >= 4 is 50.5 Å². The predicted molar refractivity (Wildman–Crippen MR) is 94.7 cm³/mol. The molecule has 1 aliphatic rings. The fraction of sp³-hybridized carbons (Fsp3) is 0. The molecule has 0 aliphatic carbocycles. The van der Waals surface area contributed by atoms with Gasteiger partial charge in [0, 0.05) is 0 Å². The molecule has 2 aromatic carbocycles. The van der Waals surface area contributed by atoms with E-state index in [2.05, 4.69) is 26.2 Å². The number of rotatable bonds is 2. The Morgan fingerprint density at radius 3 is 2.58 bits per heavy atom. The molecule has 1 fully saturated rings. The van der Waals surface area contributed by atoms with Crippen molar-refractivity contribution in [2.24, 2.45) is 4.99 Å². The van der Waals surface area contributed by atoms with Crippen molar-refractivity contribution in [3.8, 4) is 11.5 Å². The van der Waals surface area contributed by atoms with Gasteiger partial charge in [0.25, 0.3) is 5.91 Å². The van der Waals surface area contributed by atoms with Gasteiger partial charge < -0.3 is 15.5 Å². The molecule has 1 aliphatic heterocycles. The number of aromatic hydroxyl groups is 2. The molecule has 24 heavy (non-hydrogen) atoms. The fourth-order valence-corrected chi connectivity index (χ4v) is 3.26.